The fourth-order valence-electron chi connectivity index (χ4n) is 3.31. The minimum Gasteiger partial charge on any atom is -0.504 e. The summed E-state index contributed by atoms with van der Waals surface area (Å²) >= 11 is 1.28. The van der Waals surface area contributed by atoms with Crippen molar-refractivity contribution >= 4 is 23.4 Å². The lowest BCUT2D eigenvalue weighted by Gasteiger charge is -2.13. The lowest BCUT2D eigenvalue weighted by molar-refractivity contribution is -0.119. The number of carbonyl (C=O) groups is 1. The zero-order valence-corrected chi connectivity index (χ0v) is 20.2. The number of ether oxygens (including phenoxy) is 1. The summed E-state index contributed by atoms with van der Waals surface area (Å²) in [5, 5.41) is 19.1. The SMILES string of the molecule is C=C(NNC(=O)CSc1nnc(-c2ccc(C)cc2)n1-c1ccccc1)c1ccc(O)c(OC)c1. The normalized spacial score (nSPS) is 10.6. The number of amides is 1. The molecule has 0 spiro atoms. The summed E-state index contributed by atoms with van der Waals surface area (Å²) in [6.45, 7) is 5.95. The summed E-state index contributed by atoms with van der Waals surface area (Å²) in [5.41, 5.74) is 9.56. The molecule has 0 unspecified atom stereocenters. The molecule has 35 heavy (non-hydrogen) atoms. The van der Waals surface area contributed by atoms with Gasteiger partial charge in [-0.1, -0.05) is 66.4 Å². The van der Waals surface area contributed by atoms with Crippen molar-refractivity contribution in [3.05, 3.63) is 90.5 Å². The third kappa shape index (κ3) is 5.64. The molecule has 4 aromatic rings. The highest BCUT2D eigenvalue weighted by Crippen LogP contribution is 2.29. The molecule has 0 saturated heterocycles. The van der Waals surface area contributed by atoms with Crippen molar-refractivity contribution in [3.63, 3.8) is 0 Å². The molecule has 1 amide bonds. The number of aromatic hydroxyl groups is 1. The van der Waals surface area contributed by atoms with E-state index in [4.69, 9.17) is 4.74 Å². The molecule has 1 heterocycles. The van der Waals surface area contributed by atoms with Gasteiger partial charge in [0.2, 0.25) is 5.91 Å². The maximum atomic E-state index is 12.5. The third-order valence-electron chi connectivity index (χ3n) is 5.17. The Balaban J connectivity index is 1.45. The fourth-order valence-corrected chi connectivity index (χ4v) is 4.06. The first kappa shape index (κ1) is 23.9. The number of aromatic nitrogens is 3. The zero-order chi connectivity index (χ0) is 24.8. The van der Waals surface area contributed by atoms with Gasteiger partial charge in [0.05, 0.1) is 18.6 Å². The highest BCUT2D eigenvalue weighted by atomic mass is 32.2. The molecule has 3 aromatic carbocycles. The number of methoxy groups -OCH3 is 1. The van der Waals surface area contributed by atoms with Crippen LogP contribution in [-0.4, -0.2) is 38.6 Å². The van der Waals surface area contributed by atoms with Crippen molar-refractivity contribution in [2.45, 2.75) is 12.1 Å². The van der Waals surface area contributed by atoms with E-state index in [0.717, 1.165) is 16.8 Å². The number of thioether (sulfide) groups is 1. The number of hydrogen-bond acceptors (Lipinski definition) is 7. The molecule has 1 aromatic heterocycles. The van der Waals surface area contributed by atoms with E-state index in [1.54, 1.807) is 12.1 Å². The summed E-state index contributed by atoms with van der Waals surface area (Å²) in [6.07, 6.45) is 0. The molecule has 4 rings (SSSR count). The molecule has 9 heteroatoms. The number of phenols is 1. The molecule has 3 N–H and O–H groups in total. The first-order valence-corrected chi connectivity index (χ1v) is 11.8. The predicted octanol–water partition coefficient (Wildman–Crippen LogP) is 4.34. The summed E-state index contributed by atoms with van der Waals surface area (Å²) < 4.78 is 7.05. The monoisotopic (exact) mass is 487 g/mol. The van der Waals surface area contributed by atoms with Crippen LogP contribution < -0.4 is 15.6 Å². The lowest BCUT2D eigenvalue weighted by Crippen LogP contribution is -2.37. The van der Waals surface area contributed by atoms with Crippen molar-refractivity contribution in [2.75, 3.05) is 12.9 Å². The van der Waals surface area contributed by atoms with Gasteiger partial charge >= 0.3 is 0 Å². The molecular weight excluding hydrogens is 462 g/mol. The smallest absolute Gasteiger partial charge is 0.248 e. The number of phenolic OH excluding ortho intramolecular Hbond substituents is 1. The van der Waals surface area contributed by atoms with Gasteiger partial charge in [-0.2, -0.15) is 0 Å². The number of rotatable bonds is 9. The minimum absolute atomic E-state index is 0.0250. The molecular formula is C26H25N5O3S. The van der Waals surface area contributed by atoms with Gasteiger partial charge in [0.25, 0.3) is 0 Å². The predicted molar refractivity (Wildman–Crippen MR) is 137 cm³/mol. The highest BCUT2D eigenvalue weighted by molar-refractivity contribution is 7.99. The van der Waals surface area contributed by atoms with Crippen LogP contribution in [0.4, 0.5) is 0 Å². The second-order valence-electron chi connectivity index (χ2n) is 7.67. The van der Waals surface area contributed by atoms with E-state index >= 15 is 0 Å². The summed E-state index contributed by atoms with van der Waals surface area (Å²) in [7, 11) is 1.46. The van der Waals surface area contributed by atoms with E-state index in [2.05, 4.69) is 27.6 Å². The number of aryl methyl sites for hydroxylation is 1. The Kier molecular flexibility index (Phi) is 7.37. The van der Waals surface area contributed by atoms with Crippen molar-refractivity contribution in [3.8, 4) is 28.6 Å². The average Bonchev–Trinajstić information content (AvgIpc) is 3.31. The molecule has 0 radical (unpaired) electrons. The number of nitrogens with zero attached hydrogens (tertiary/aromatic N) is 3. The van der Waals surface area contributed by atoms with Gasteiger partial charge in [0.15, 0.2) is 22.5 Å². The highest BCUT2D eigenvalue weighted by Gasteiger charge is 2.17. The first-order chi connectivity index (χ1) is 17.0. The summed E-state index contributed by atoms with van der Waals surface area (Å²) in [5.74, 6) is 0.889. The number of benzene rings is 3. The molecule has 0 aliphatic carbocycles. The molecule has 0 aliphatic rings. The minimum atomic E-state index is -0.263. The van der Waals surface area contributed by atoms with Crippen molar-refractivity contribution < 1.29 is 14.6 Å². The van der Waals surface area contributed by atoms with Gasteiger partial charge in [0.1, 0.15) is 0 Å². The summed E-state index contributed by atoms with van der Waals surface area (Å²) in [6, 6.07) is 22.7. The molecule has 0 bridgehead atoms. The van der Waals surface area contributed by atoms with Crippen molar-refractivity contribution in [1.82, 2.24) is 25.6 Å². The van der Waals surface area contributed by atoms with Gasteiger partial charge < -0.3 is 9.84 Å². The second kappa shape index (κ2) is 10.8. The molecule has 8 nitrogen and oxygen atoms in total. The van der Waals surface area contributed by atoms with Gasteiger partial charge in [0, 0.05) is 16.8 Å². The second-order valence-corrected chi connectivity index (χ2v) is 8.61. The standard InChI is InChI=1S/C26H25N5O3S/c1-17-9-11-19(12-10-17)25-29-30-26(31(25)21-7-5-4-6-8-21)35-16-24(33)28-27-18(2)20-13-14-22(32)23(15-20)34-3/h4-15,27,32H,2,16H2,1,3H3,(H,28,33). The van der Waals surface area contributed by atoms with Crippen LogP contribution in [0, 0.1) is 6.92 Å². The average molecular weight is 488 g/mol. The van der Waals surface area contributed by atoms with E-state index in [1.165, 1.54) is 24.9 Å². The zero-order valence-electron chi connectivity index (χ0n) is 19.4. The van der Waals surface area contributed by atoms with Crippen molar-refractivity contribution in [2.24, 2.45) is 0 Å². The number of hydrogen-bond donors (Lipinski definition) is 3. The number of para-hydroxylation sites is 1. The molecule has 0 saturated carbocycles. The molecule has 0 aliphatic heterocycles. The van der Waals surface area contributed by atoms with E-state index < -0.39 is 0 Å². The molecule has 0 fully saturated rings. The van der Waals surface area contributed by atoms with Crippen LogP contribution in [0.15, 0.2) is 84.5 Å². The molecule has 178 valence electrons. The maximum Gasteiger partial charge on any atom is 0.248 e. The van der Waals surface area contributed by atoms with Gasteiger partial charge in [-0.05, 0) is 37.3 Å². The van der Waals surface area contributed by atoms with E-state index in [-0.39, 0.29) is 17.4 Å². The number of carbonyl (C=O) groups excluding carboxylic acids is 1. The van der Waals surface area contributed by atoms with Crippen molar-refractivity contribution in [1.29, 1.82) is 0 Å². The number of hydrazine groups is 1. The van der Waals surface area contributed by atoms with Gasteiger partial charge in [-0.15, -0.1) is 10.2 Å². The van der Waals surface area contributed by atoms with Crippen LogP contribution in [0.5, 0.6) is 11.5 Å². The van der Waals surface area contributed by atoms with E-state index in [1.807, 2.05) is 66.1 Å². The quantitative estimate of drug-likeness (QED) is 0.238. The largest absolute Gasteiger partial charge is 0.504 e. The number of nitrogens with one attached hydrogen (secondary N) is 2. The third-order valence-corrected chi connectivity index (χ3v) is 6.10. The van der Waals surface area contributed by atoms with Crippen LogP contribution >= 0.6 is 11.8 Å². The lowest BCUT2D eigenvalue weighted by atomic mass is 10.1. The molecule has 0 atom stereocenters. The topological polar surface area (TPSA) is 101 Å². The Morgan fingerprint density at radius 1 is 1.06 bits per heavy atom. The van der Waals surface area contributed by atoms with Crippen LogP contribution in [0.25, 0.3) is 22.8 Å². The van der Waals surface area contributed by atoms with Crippen LogP contribution in [0.2, 0.25) is 0 Å². The van der Waals surface area contributed by atoms with Crippen LogP contribution in [0.1, 0.15) is 11.1 Å². The Morgan fingerprint density at radius 2 is 1.80 bits per heavy atom. The Morgan fingerprint density at radius 3 is 2.51 bits per heavy atom. The summed E-state index contributed by atoms with van der Waals surface area (Å²) in [4.78, 5) is 12.5. The fraction of sp³-hybridized carbons (Fsp3) is 0.115. The van der Waals surface area contributed by atoms with Crippen LogP contribution in [-0.2, 0) is 4.79 Å². The van der Waals surface area contributed by atoms with Gasteiger partial charge in [-0.25, -0.2) is 0 Å². The van der Waals surface area contributed by atoms with Gasteiger partial charge in [-0.3, -0.25) is 20.2 Å². The van der Waals surface area contributed by atoms with Crippen LogP contribution in [0.3, 0.4) is 0 Å². The van der Waals surface area contributed by atoms with E-state index in [9.17, 15) is 9.90 Å². The Hall–Kier alpha value is -4.24. The Labute approximate surface area is 207 Å². The first-order valence-electron chi connectivity index (χ1n) is 10.8. The maximum absolute atomic E-state index is 12.5. The Bertz CT molecular complexity index is 1340. The van der Waals surface area contributed by atoms with E-state index in [0.29, 0.717) is 28.0 Å².